The minimum absolute atomic E-state index is 0.0268. The predicted molar refractivity (Wildman–Crippen MR) is 124 cm³/mol. The first-order chi connectivity index (χ1) is 16.9. The van der Waals surface area contributed by atoms with E-state index < -0.39 is 15.8 Å². The second kappa shape index (κ2) is 9.39. The molecule has 0 aliphatic heterocycles. The lowest BCUT2D eigenvalue weighted by molar-refractivity contribution is 0.581. The summed E-state index contributed by atoms with van der Waals surface area (Å²) in [5, 5.41) is 2.99. The monoisotopic (exact) mass is 498 g/mol. The lowest BCUT2D eigenvalue weighted by Crippen LogP contribution is -2.29. The smallest absolute Gasteiger partial charge is 0.306 e. The van der Waals surface area contributed by atoms with Crippen LogP contribution in [0.1, 0.15) is 18.0 Å². The molecule has 180 valence electrons. The van der Waals surface area contributed by atoms with E-state index in [0.717, 1.165) is 12.1 Å². The summed E-state index contributed by atoms with van der Waals surface area (Å²) in [6.07, 6.45) is 9.96. The van der Waals surface area contributed by atoms with Gasteiger partial charge in [-0.25, -0.2) is 31.9 Å². The molecule has 5 rings (SSSR count). The number of hydrogen-bond donors (Lipinski definition) is 2. The van der Waals surface area contributed by atoms with Gasteiger partial charge in [0.15, 0.2) is 0 Å². The SMILES string of the molecule is O=S(=O)(NCCNc1nccc(-c2c(C3C=CC(F)=CC3)nc3occn23)n1)c1ccc(F)cc1. The van der Waals surface area contributed by atoms with Crippen LogP contribution in [0.15, 0.2) is 82.4 Å². The first-order valence-electron chi connectivity index (χ1n) is 10.7. The van der Waals surface area contributed by atoms with Gasteiger partial charge in [0.05, 0.1) is 22.0 Å². The van der Waals surface area contributed by atoms with Gasteiger partial charge in [-0.15, -0.1) is 0 Å². The zero-order valence-electron chi connectivity index (χ0n) is 18.2. The predicted octanol–water partition coefficient (Wildman–Crippen LogP) is 3.81. The Labute approximate surface area is 199 Å². The van der Waals surface area contributed by atoms with E-state index >= 15 is 0 Å². The minimum Gasteiger partial charge on any atom is -0.432 e. The Balaban J connectivity index is 1.31. The van der Waals surface area contributed by atoms with E-state index in [1.807, 2.05) is 0 Å². The highest BCUT2D eigenvalue weighted by Crippen LogP contribution is 2.34. The van der Waals surface area contributed by atoms with Gasteiger partial charge in [0.1, 0.15) is 17.9 Å². The van der Waals surface area contributed by atoms with Crippen molar-refractivity contribution in [3.63, 3.8) is 0 Å². The maximum absolute atomic E-state index is 13.5. The standard InChI is InChI=1S/C23H20F2N6O3S/c24-16-3-1-15(2-4-16)20-21(31-13-14-34-23(31)30-20)19-9-10-26-22(29-19)27-11-12-28-35(32,33)18-7-5-17(25)6-8-18/h1,3-10,13-15,28H,2,11-12H2,(H,26,27,29). The van der Waals surface area contributed by atoms with Crippen LogP contribution in [0.5, 0.6) is 0 Å². The van der Waals surface area contributed by atoms with Crippen molar-refractivity contribution < 1.29 is 21.6 Å². The van der Waals surface area contributed by atoms with Gasteiger partial charge in [0.25, 0.3) is 0 Å². The average Bonchev–Trinajstić information content (AvgIpc) is 3.44. The molecule has 1 aliphatic carbocycles. The molecule has 12 heteroatoms. The Morgan fingerprint density at radius 1 is 1.11 bits per heavy atom. The van der Waals surface area contributed by atoms with Crippen molar-refractivity contribution in [1.29, 1.82) is 0 Å². The van der Waals surface area contributed by atoms with Gasteiger partial charge in [-0.1, -0.05) is 6.08 Å². The summed E-state index contributed by atoms with van der Waals surface area (Å²) in [5.74, 6) is -0.263. The number of imidazole rings is 1. The van der Waals surface area contributed by atoms with Gasteiger partial charge >= 0.3 is 5.84 Å². The molecule has 0 radical (unpaired) electrons. The van der Waals surface area contributed by atoms with Crippen LogP contribution in [0.3, 0.4) is 0 Å². The number of aromatic nitrogens is 4. The maximum Gasteiger partial charge on any atom is 0.306 e. The molecule has 1 atom stereocenters. The lowest BCUT2D eigenvalue weighted by Gasteiger charge is -2.14. The molecular weight excluding hydrogens is 478 g/mol. The first-order valence-corrected chi connectivity index (χ1v) is 12.2. The molecule has 0 saturated heterocycles. The largest absolute Gasteiger partial charge is 0.432 e. The van der Waals surface area contributed by atoms with E-state index in [0.29, 0.717) is 29.3 Å². The third-order valence-corrected chi connectivity index (χ3v) is 6.89. The Morgan fingerprint density at radius 3 is 2.71 bits per heavy atom. The van der Waals surface area contributed by atoms with Crippen LogP contribution in [0, 0.1) is 5.82 Å². The zero-order chi connectivity index (χ0) is 24.4. The quantitative estimate of drug-likeness (QED) is 0.355. The summed E-state index contributed by atoms with van der Waals surface area (Å²) >= 11 is 0. The molecular formula is C23H20F2N6O3S. The molecule has 0 fully saturated rings. The van der Waals surface area contributed by atoms with Crippen LogP contribution in [0.2, 0.25) is 0 Å². The topological polar surface area (TPSA) is 114 Å². The number of nitrogens with one attached hydrogen (secondary N) is 2. The fourth-order valence-corrected chi connectivity index (χ4v) is 4.78. The van der Waals surface area contributed by atoms with Gasteiger partial charge in [-0.2, -0.15) is 4.98 Å². The Morgan fingerprint density at radius 2 is 1.94 bits per heavy atom. The second-order valence-electron chi connectivity index (χ2n) is 7.74. The van der Waals surface area contributed by atoms with Crippen LogP contribution in [-0.4, -0.2) is 40.9 Å². The number of oxazole rings is 1. The molecule has 3 heterocycles. The van der Waals surface area contributed by atoms with Crippen LogP contribution in [-0.2, 0) is 10.0 Å². The van der Waals surface area contributed by atoms with Crippen molar-refractivity contribution in [3.05, 3.63) is 84.6 Å². The highest BCUT2D eigenvalue weighted by Gasteiger charge is 2.24. The van der Waals surface area contributed by atoms with Crippen molar-refractivity contribution in [1.82, 2.24) is 24.1 Å². The fraction of sp³-hybridized carbons (Fsp3) is 0.174. The molecule has 1 unspecified atom stereocenters. The van der Waals surface area contributed by atoms with Crippen LogP contribution in [0.25, 0.3) is 17.2 Å². The molecule has 0 bridgehead atoms. The lowest BCUT2D eigenvalue weighted by atomic mass is 9.94. The molecule has 4 aromatic rings. The number of benzene rings is 1. The number of rotatable bonds is 8. The van der Waals surface area contributed by atoms with E-state index in [2.05, 4.69) is 25.0 Å². The third kappa shape index (κ3) is 4.84. The highest BCUT2D eigenvalue weighted by molar-refractivity contribution is 7.89. The number of hydrogen-bond acceptors (Lipinski definition) is 7. The van der Waals surface area contributed by atoms with Crippen molar-refractivity contribution in [2.45, 2.75) is 17.2 Å². The Kier molecular flexibility index (Phi) is 6.14. The van der Waals surface area contributed by atoms with Gasteiger partial charge in [-0.3, -0.25) is 4.40 Å². The van der Waals surface area contributed by atoms with Crippen molar-refractivity contribution in [3.8, 4) is 11.4 Å². The van der Waals surface area contributed by atoms with E-state index in [1.54, 1.807) is 28.9 Å². The number of fused-ring (bicyclic) bond motifs is 1. The van der Waals surface area contributed by atoms with E-state index in [4.69, 9.17) is 4.42 Å². The number of sulfonamides is 1. The second-order valence-corrected chi connectivity index (χ2v) is 9.50. The summed E-state index contributed by atoms with van der Waals surface area (Å²) in [7, 11) is -3.77. The van der Waals surface area contributed by atoms with E-state index in [1.165, 1.54) is 30.5 Å². The highest BCUT2D eigenvalue weighted by atomic mass is 32.2. The van der Waals surface area contributed by atoms with Crippen LogP contribution < -0.4 is 10.0 Å². The molecule has 35 heavy (non-hydrogen) atoms. The van der Waals surface area contributed by atoms with Crippen molar-refractivity contribution in [2.24, 2.45) is 0 Å². The molecule has 0 amide bonds. The molecule has 9 nitrogen and oxygen atoms in total. The maximum atomic E-state index is 13.5. The normalized spacial score (nSPS) is 15.9. The molecule has 0 saturated carbocycles. The van der Waals surface area contributed by atoms with E-state index in [9.17, 15) is 17.2 Å². The molecule has 0 spiro atoms. The third-order valence-electron chi connectivity index (χ3n) is 5.42. The van der Waals surface area contributed by atoms with Gasteiger partial charge < -0.3 is 9.73 Å². The van der Waals surface area contributed by atoms with Gasteiger partial charge in [0.2, 0.25) is 16.0 Å². The number of anilines is 1. The Hall–Kier alpha value is -3.90. The number of nitrogens with zero attached hydrogens (tertiary/aromatic N) is 4. The summed E-state index contributed by atoms with van der Waals surface area (Å²) in [6.45, 7) is 0.266. The van der Waals surface area contributed by atoms with E-state index in [-0.39, 0.29) is 35.7 Å². The summed E-state index contributed by atoms with van der Waals surface area (Å²) in [4.78, 5) is 13.3. The summed E-state index contributed by atoms with van der Waals surface area (Å²) in [5.41, 5.74) is 1.96. The molecule has 3 aromatic heterocycles. The van der Waals surface area contributed by atoms with Gasteiger partial charge in [0, 0.05) is 31.4 Å². The summed E-state index contributed by atoms with van der Waals surface area (Å²) in [6, 6.07) is 6.30. The van der Waals surface area contributed by atoms with Crippen LogP contribution in [0.4, 0.5) is 14.7 Å². The van der Waals surface area contributed by atoms with Crippen LogP contribution >= 0.6 is 0 Å². The summed E-state index contributed by atoms with van der Waals surface area (Å²) < 4.78 is 60.8. The van der Waals surface area contributed by atoms with Crippen molar-refractivity contribution >= 4 is 21.8 Å². The molecule has 2 N–H and O–H groups in total. The molecule has 1 aliphatic rings. The molecule has 1 aromatic carbocycles. The first kappa shape index (κ1) is 22.9. The average molecular weight is 499 g/mol. The zero-order valence-corrected chi connectivity index (χ0v) is 19.0. The van der Waals surface area contributed by atoms with Crippen molar-refractivity contribution in [2.75, 3.05) is 18.4 Å². The minimum atomic E-state index is -3.77. The number of halogens is 2. The fourth-order valence-electron chi connectivity index (χ4n) is 3.75. The number of allylic oxidation sites excluding steroid dienone is 4. The Bertz CT molecular complexity index is 1530. The van der Waals surface area contributed by atoms with Gasteiger partial charge in [-0.05, 0) is 48.9 Å².